The summed E-state index contributed by atoms with van der Waals surface area (Å²) in [4.78, 5) is 12.4. The molecule has 8 nitrogen and oxygen atoms in total. The number of nitrogens with two attached hydrogens (primary N) is 1. The Balaban J connectivity index is 2.21. The summed E-state index contributed by atoms with van der Waals surface area (Å²) >= 11 is 0. The predicted molar refractivity (Wildman–Crippen MR) is 99.0 cm³/mol. The van der Waals surface area contributed by atoms with Gasteiger partial charge in [-0.1, -0.05) is 6.07 Å². The second-order valence-corrected chi connectivity index (χ2v) is 6.43. The van der Waals surface area contributed by atoms with E-state index in [0.717, 1.165) is 6.07 Å². The van der Waals surface area contributed by atoms with Gasteiger partial charge in [0, 0.05) is 6.07 Å². The molecule has 1 aromatic heterocycles. The SMILES string of the molecule is COc1cc([C@H]2C(C#N)=C(N)Oc3c2oc(CO)cc3=O)ccc1OC(C)C. The third kappa shape index (κ3) is 3.40. The highest BCUT2D eigenvalue weighted by Crippen LogP contribution is 2.43. The number of aliphatic hydroxyl groups excluding tert-OH is 1. The lowest BCUT2D eigenvalue weighted by Crippen LogP contribution is -2.25. The molecule has 0 unspecified atom stereocenters. The first-order chi connectivity index (χ1) is 13.4. The van der Waals surface area contributed by atoms with Crippen molar-refractivity contribution in [2.75, 3.05) is 7.11 Å². The van der Waals surface area contributed by atoms with Crippen molar-refractivity contribution in [3.05, 3.63) is 63.0 Å². The Morgan fingerprint density at radius 1 is 1.32 bits per heavy atom. The van der Waals surface area contributed by atoms with Crippen molar-refractivity contribution in [2.24, 2.45) is 5.73 Å². The Labute approximate surface area is 161 Å². The molecule has 3 rings (SSSR count). The molecule has 0 bridgehead atoms. The topological polar surface area (TPSA) is 128 Å². The molecule has 1 aliphatic rings. The Hall–Kier alpha value is -3.44. The van der Waals surface area contributed by atoms with Gasteiger partial charge >= 0.3 is 0 Å². The zero-order chi connectivity index (χ0) is 20.4. The molecular formula is C20H20N2O6. The molecule has 1 aliphatic heterocycles. The standard InChI is InChI=1S/C20H20N2O6/c1-10(2)26-15-5-4-11(6-16(15)25-3)17-13(8-21)20(22)28-18-14(24)7-12(9-23)27-19(17)18/h4-7,10,17,23H,9,22H2,1-3H3/t17-/m0/s1. The summed E-state index contributed by atoms with van der Waals surface area (Å²) in [6.07, 6.45) is -0.0566. The van der Waals surface area contributed by atoms with Crippen LogP contribution in [0.25, 0.3) is 0 Å². The van der Waals surface area contributed by atoms with E-state index in [2.05, 4.69) is 0 Å². The van der Waals surface area contributed by atoms with Crippen LogP contribution in [0.5, 0.6) is 17.2 Å². The molecular weight excluding hydrogens is 364 g/mol. The number of hydrogen-bond donors (Lipinski definition) is 2. The van der Waals surface area contributed by atoms with Crippen molar-refractivity contribution in [2.45, 2.75) is 32.5 Å². The summed E-state index contributed by atoms with van der Waals surface area (Å²) in [5, 5.41) is 19.0. The van der Waals surface area contributed by atoms with Crippen LogP contribution >= 0.6 is 0 Å². The van der Waals surface area contributed by atoms with Gasteiger partial charge in [-0.05, 0) is 31.5 Å². The Morgan fingerprint density at radius 3 is 2.68 bits per heavy atom. The summed E-state index contributed by atoms with van der Waals surface area (Å²) in [5.74, 6) is 0.0645. The Morgan fingerprint density at radius 2 is 2.07 bits per heavy atom. The Bertz CT molecular complexity index is 1030. The molecule has 1 aromatic carbocycles. The average Bonchev–Trinajstić information content (AvgIpc) is 2.67. The number of aliphatic hydroxyl groups is 1. The number of methoxy groups -OCH3 is 1. The first-order valence-electron chi connectivity index (χ1n) is 8.59. The number of nitriles is 1. The van der Waals surface area contributed by atoms with Gasteiger partial charge in [0.1, 0.15) is 24.0 Å². The van der Waals surface area contributed by atoms with Crippen LogP contribution in [0.15, 0.2) is 44.9 Å². The third-order valence-electron chi connectivity index (χ3n) is 4.17. The Kier molecular flexibility index (Phi) is 5.29. The van der Waals surface area contributed by atoms with Gasteiger partial charge < -0.3 is 29.5 Å². The van der Waals surface area contributed by atoms with Crippen LogP contribution in [-0.4, -0.2) is 18.3 Å². The van der Waals surface area contributed by atoms with E-state index < -0.39 is 18.0 Å². The lowest BCUT2D eigenvalue weighted by Gasteiger charge is -2.25. The van der Waals surface area contributed by atoms with Crippen LogP contribution in [0.4, 0.5) is 0 Å². The number of hydrogen-bond acceptors (Lipinski definition) is 8. The monoisotopic (exact) mass is 384 g/mol. The van der Waals surface area contributed by atoms with Crippen molar-refractivity contribution < 1.29 is 23.7 Å². The summed E-state index contributed by atoms with van der Waals surface area (Å²) in [6.45, 7) is 3.32. The van der Waals surface area contributed by atoms with E-state index in [-0.39, 0.29) is 34.8 Å². The molecule has 0 amide bonds. The van der Waals surface area contributed by atoms with Gasteiger partial charge in [0.15, 0.2) is 17.3 Å². The highest BCUT2D eigenvalue weighted by molar-refractivity contribution is 5.55. The second-order valence-electron chi connectivity index (χ2n) is 6.43. The molecule has 28 heavy (non-hydrogen) atoms. The summed E-state index contributed by atoms with van der Waals surface area (Å²) in [6, 6.07) is 8.27. The summed E-state index contributed by atoms with van der Waals surface area (Å²) < 4.78 is 22.1. The number of fused-ring (bicyclic) bond motifs is 1. The van der Waals surface area contributed by atoms with Gasteiger partial charge in [-0.3, -0.25) is 4.79 Å². The maximum atomic E-state index is 12.4. The smallest absolute Gasteiger partial charge is 0.228 e. The van der Waals surface area contributed by atoms with Crippen LogP contribution in [0.3, 0.4) is 0 Å². The highest BCUT2D eigenvalue weighted by Gasteiger charge is 2.35. The van der Waals surface area contributed by atoms with Crippen LogP contribution in [0.2, 0.25) is 0 Å². The predicted octanol–water partition coefficient (Wildman–Crippen LogP) is 2.15. The number of nitrogens with zero attached hydrogens (tertiary/aromatic N) is 1. The van der Waals surface area contributed by atoms with E-state index in [4.69, 9.17) is 24.4 Å². The van der Waals surface area contributed by atoms with Crippen LogP contribution in [-0.2, 0) is 6.61 Å². The fourth-order valence-electron chi connectivity index (χ4n) is 3.01. The molecule has 3 N–H and O–H groups in total. The molecule has 1 atom stereocenters. The first kappa shape index (κ1) is 19.3. The molecule has 2 aromatic rings. The fourth-order valence-corrected chi connectivity index (χ4v) is 3.01. The number of ether oxygens (including phenoxy) is 3. The molecule has 146 valence electrons. The van der Waals surface area contributed by atoms with Gasteiger partial charge in [-0.2, -0.15) is 5.26 Å². The molecule has 8 heteroatoms. The van der Waals surface area contributed by atoms with E-state index in [1.54, 1.807) is 18.2 Å². The average molecular weight is 384 g/mol. The maximum Gasteiger partial charge on any atom is 0.228 e. The van der Waals surface area contributed by atoms with Crippen molar-refractivity contribution in [1.82, 2.24) is 0 Å². The van der Waals surface area contributed by atoms with E-state index in [1.807, 2.05) is 19.9 Å². The zero-order valence-electron chi connectivity index (χ0n) is 15.7. The minimum absolute atomic E-state index is 0.0566. The fraction of sp³-hybridized carbons (Fsp3) is 0.300. The van der Waals surface area contributed by atoms with Gasteiger partial charge in [-0.15, -0.1) is 0 Å². The lowest BCUT2D eigenvalue weighted by atomic mass is 9.87. The molecule has 2 heterocycles. The highest BCUT2D eigenvalue weighted by atomic mass is 16.5. The van der Waals surface area contributed by atoms with Crippen molar-refractivity contribution >= 4 is 0 Å². The van der Waals surface area contributed by atoms with Crippen molar-refractivity contribution in [1.29, 1.82) is 5.26 Å². The van der Waals surface area contributed by atoms with Gasteiger partial charge in [0.05, 0.1) is 19.1 Å². The molecule has 0 aliphatic carbocycles. The van der Waals surface area contributed by atoms with E-state index in [9.17, 15) is 15.2 Å². The summed E-state index contributed by atoms with van der Waals surface area (Å²) in [7, 11) is 1.50. The lowest BCUT2D eigenvalue weighted by molar-refractivity contribution is 0.229. The van der Waals surface area contributed by atoms with Gasteiger partial charge in [0.2, 0.25) is 17.1 Å². The molecule has 0 fully saturated rings. The van der Waals surface area contributed by atoms with Gasteiger partial charge in [0.25, 0.3) is 0 Å². The molecule has 0 spiro atoms. The molecule has 0 saturated carbocycles. The van der Waals surface area contributed by atoms with Crippen molar-refractivity contribution in [3.63, 3.8) is 0 Å². The number of rotatable bonds is 5. The molecule has 0 radical (unpaired) electrons. The van der Waals surface area contributed by atoms with E-state index in [0.29, 0.717) is 17.1 Å². The second kappa shape index (κ2) is 7.66. The quantitative estimate of drug-likeness (QED) is 0.802. The normalized spacial score (nSPS) is 15.6. The van der Waals surface area contributed by atoms with E-state index in [1.165, 1.54) is 7.11 Å². The van der Waals surface area contributed by atoms with Crippen LogP contribution in [0.1, 0.15) is 36.8 Å². The largest absolute Gasteiger partial charge is 0.493 e. The van der Waals surface area contributed by atoms with Crippen molar-refractivity contribution in [3.8, 4) is 23.3 Å². The molecule has 0 saturated heterocycles. The van der Waals surface area contributed by atoms with Crippen LogP contribution in [0, 0.1) is 11.3 Å². The van der Waals surface area contributed by atoms with E-state index >= 15 is 0 Å². The first-order valence-corrected chi connectivity index (χ1v) is 8.59. The van der Waals surface area contributed by atoms with Gasteiger partial charge in [-0.25, -0.2) is 0 Å². The minimum atomic E-state index is -0.796. The third-order valence-corrected chi connectivity index (χ3v) is 4.17. The number of allylic oxidation sites excluding steroid dienone is 1. The van der Waals surface area contributed by atoms with Crippen LogP contribution < -0.4 is 25.4 Å². The maximum absolute atomic E-state index is 12.4. The number of benzene rings is 1. The summed E-state index contributed by atoms with van der Waals surface area (Å²) in [5.41, 5.74) is 6.07. The minimum Gasteiger partial charge on any atom is -0.493 e. The zero-order valence-corrected chi connectivity index (χ0v) is 15.7.